The van der Waals surface area contributed by atoms with Crippen LogP contribution in [0.1, 0.15) is 26.6 Å². The smallest absolute Gasteiger partial charge is 0.340 e. The lowest BCUT2D eigenvalue weighted by molar-refractivity contribution is -0.115. The van der Waals surface area contributed by atoms with E-state index in [1.54, 1.807) is 23.6 Å². The first-order valence-corrected chi connectivity index (χ1v) is 10.4. The molecule has 1 heterocycles. The second-order valence-corrected chi connectivity index (χ2v) is 8.29. The number of nitrogens with one attached hydrogen (secondary N) is 1. The van der Waals surface area contributed by atoms with Gasteiger partial charge < -0.3 is 10.1 Å². The average Bonchev–Trinajstić information content (AvgIpc) is 3.11. The van der Waals surface area contributed by atoms with Crippen molar-refractivity contribution in [3.63, 3.8) is 0 Å². The summed E-state index contributed by atoms with van der Waals surface area (Å²) in [7, 11) is 0. The molecule has 28 heavy (non-hydrogen) atoms. The van der Waals surface area contributed by atoms with Crippen molar-refractivity contribution < 1.29 is 14.3 Å². The molecular formula is C20H16BrClN2O3S. The minimum absolute atomic E-state index is 0.0117. The van der Waals surface area contributed by atoms with Crippen LogP contribution in [0.3, 0.4) is 0 Å². The molecule has 0 aliphatic carbocycles. The van der Waals surface area contributed by atoms with Crippen LogP contribution in [-0.4, -0.2) is 16.9 Å². The second kappa shape index (κ2) is 9.32. The lowest BCUT2D eigenvalue weighted by atomic mass is 10.2. The number of esters is 1. The minimum atomic E-state index is -0.530. The Morgan fingerprint density at radius 3 is 2.71 bits per heavy atom. The molecule has 0 bridgehead atoms. The van der Waals surface area contributed by atoms with Gasteiger partial charge in [-0.1, -0.05) is 45.2 Å². The van der Waals surface area contributed by atoms with Crippen molar-refractivity contribution in [2.75, 3.05) is 5.32 Å². The van der Waals surface area contributed by atoms with E-state index in [0.717, 1.165) is 15.7 Å². The maximum Gasteiger partial charge on any atom is 0.340 e. The number of aromatic nitrogens is 1. The molecular weight excluding hydrogens is 464 g/mol. The molecule has 5 nitrogen and oxygen atoms in total. The zero-order chi connectivity index (χ0) is 20.1. The highest BCUT2D eigenvalue weighted by Crippen LogP contribution is 2.22. The Labute approximate surface area is 179 Å². The summed E-state index contributed by atoms with van der Waals surface area (Å²) in [4.78, 5) is 28.7. The first-order chi connectivity index (χ1) is 13.4. The van der Waals surface area contributed by atoms with Gasteiger partial charge in [0.05, 0.1) is 22.7 Å². The standard InChI is InChI=1S/C20H16BrClN2O3S/c1-12-2-5-14(6-3-12)23-18(25)9-19-24-15(11-28-19)10-27-20(26)16-8-13(21)4-7-17(16)22/h2-8,11H,9-10H2,1H3,(H,23,25). The number of carbonyl (C=O) groups is 2. The molecule has 1 N–H and O–H groups in total. The SMILES string of the molecule is Cc1ccc(NC(=O)Cc2nc(COC(=O)c3cc(Br)ccc3Cl)cs2)cc1. The van der Waals surface area contributed by atoms with E-state index < -0.39 is 5.97 Å². The predicted octanol–water partition coefficient (Wildman–Crippen LogP) is 5.41. The molecule has 0 radical (unpaired) electrons. The third kappa shape index (κ3) is 5.64. The Morgan fingerprint density at radius 1 is 1.21 bits per heavy atom. The monoisotopic (exact) mass is 478 g/mol. The largest absolute Gasteiger partial charge is 0.456 e. The molecule has 0 saturated carbocycles. The van der Waals surface area contributed by atoms with E-state index in [-0.39, 0.29) is 24.5 Å². The van der Waals surface area contributed by atoms with E-state index in [0.29, 0.717) is 15.7 Å². The van der Waals surface area contributed by atoms with Crippen LogP contribution in [0.4, 0.5) is 5.69 Å². The van der Waals surface area contributed by atoms with Gasteiger partial charge >= 0.3 is 5.97 Å². The summed E-state index contributed by atoms with van der Waals surface area (Å²) in [5.74, 6) is -0.680. The number of halogens is 2. The lowest BCUT2D eigenvalue weighted by Crippen LogP contribution is -2.14. The fourth-order valence-corrected chi connectivity index (χ4v) is 3.68. The summed E-state index contributed by atoms with van der Waals surface area (Å²) in [6, 6.07) is 12.5. The van der Waals surface area contributed by atoms with Gasteiger partial charge in [0.25, 0.3) is 0 Å². The maximum absolute atomic E-state index is 12.2. The normalized spacial score (nSPS) is 10.5. The zero-order valence-electron chi connectivity index (χ0n) is 14.9. The van der Waals surface area contributed by atoms with Crippen LogP contribution >= 0.6 is 38.9 Å². The summed E-state index contributed by atoms with van der Waals surface area (Å²) >= 11 is 10.7. The first kappa shape index (κ1) is 20.5. The molecule has 0 spiro atoms. The molecule has 1 aromatic heterocycles. The Morgan fingerprint density at radius 2 is 1.96 bits per heavy atom. The number of ether oxygens (including phenoxy) is 1. The van der Waals surface area contributed by atoms with Crippen molar-refractivity contribution in [1.82, 2.24) is 4.98 Å². The number of hydrogen-bond donors (Lipinski definition) is 1. The van der Waals surface area contributed by atoms with Crippen molar-refractivity contribution in [2.24, 2.45) is 0 Å². The Bertz CT molecular complexity index is 1000. The highest BCUT2D eigenvalue weighted by Gasteiger charge is 2.14. The van der Waals surface area contributed by atoms with Gasteiger partial charge in [0.1, 0.15) is 11.6 Å². The highest BCUT2D eigenvalue weighted by atomic mass is 79.9. The van der Waals surface area contributed by atoms with Crippen LogP contribution in [0.2, 0.25) is 5.02 Å². The van der Waals surface area contributed by atoms with E-state index in [9.17, 15) is 9.59 Å². The van der Waals surface area contributed by atoms with Crippen LogP contribution < -0.4 is 5.32 Å². The fourth-order valence-electron chi connectivity index (χ4n) is 2.35. The Kier molecular flexibility index (Phi) is 6.83. The maximum atomic E-state index is 12.2. The molecule has 3 rings (SSSR count). The van der Waals surface area contributed by atoms with Crippen molar-refractivity contribution in [3.8, 4) is 0 Å². The van der Waals surface area contributed by atoms with Gasteiger partial charge in [-0.25, -0.2) is 9.78 Å². The summed E-state index contributed by atoms with van der Waals surface area (Å²) in [5, 5.41) is 5.57. The molecule has 3 aromatic rings. The van der Waals surface area contributed by atoms with E-state index in [4.69, 9.17) is 16.3 Å². The van der Waals surface area contributed by atoms with Gasteiger partial charge in [0.2, 0.25) is 5.91 Å². The highest BCUT2D eigenvalue weighted by molar-refractivity contribution is 9.10. The number of benzene rings is 2. The molecule has 0 unspecified atom stereocenters. The molecule has 0 aliphatic heterocycles. The summed E-state index contributed by atoms with van der Waals surface area (Å²) in [6.07, 6.45) is 0.157. The Balaban J connectivity index is 1.53. The molecule has 144 valence electrons. The van der Waals surface area contributed by atoms with Gasteiger partial charge in [-0.2, -0.15) is 0 Å². The van der Waals surface area contributed by atoms with Crippen molar-refractivity contribution in [2.45, 2.75) is 20.0 Å². The van der Waals surface area contributed by atoms with Gasteiger partial charge in [-0.05, 0) is 37.3 Å². The van der Waals surface area contributed by atoms with Crippen LogP contribution in [0.15, 0.2) is 52.3 Å². The zero-order valence-corrected chi connectivity index (χ0v) is 18.0. The van der Waals surface area contributed by atoms with Crippen LogP contribution in [-0.2, 0) is 22.6 Å². The first-order valence-electron chi connectivity index (χ1n) is 8.32. The van der Waals surface area contributed by atoms with E-state index in [1.165, 1.54) is 11.3 Å². The third-order valence-corrected chi connectivity index (χ3v) is 5.47. The van der Waals surface area contributed by atoms with Crippen LogP contribution in [0, 0.1) is 6.92 Å². The molecule has 0 atom stereocenters. The molecule has 8 heteroatoms. The van der Waals surface area contributed by atoms with Crippen molar-refractivity contribution in [3.05, 3.63) is 79.2 Å². The third-order valence-electron chi connectivity index (χ3n) is 3.75. The van der Waals surface area contributed by atoms with Gasteiger partial charge in [-0.15, -0.1) is 11.3 Å². The van der Waals surface area contributed by atoms with Crippen molar-refractivity contribution in [1.29, 1.82) is 0 Å². The second-order valence-electron chi connectivity index (χ2n) is 6.02. The number of hydrogen-bond acceptors (Lipinski definition) is 5. The number of thiazole rings is 1. The van der Waals surface area contributed by atoms with E-state index >= 15 is 0 Å². The molecule has 0 fully saturated rings. The van der Waals surface area contributed by atoms with Gasteiger partial charge in [0, 0.05) is 15.5 Å². The number of amides is 1. The topological polar surface area (TPSA) is 68.3 Å². The number of anilines is 1. The molecule has 0 aliphatic rings. The van der Waals surface area contributed by atoms with Crippen LogP contribution in [0.5, 0.6) is 0 Å². The van der Waals surface area contributed by atoms with E-state index in [1.807, 2.05) is 31.2 Å². The average molecular weight is 480 g/mol. The van der Waals surface area contributed by atoms with Crippen molar-refractivity contribution >= 4 is 56.4 Å². The quantitative estimate of drug-likeness (QED) is 0.480. The van der Waals surface area contributed by atoms with E-state index in [2.05, 4.69) is 26.2 Å². The van der Waals surface area contributed by atoms with Gasteiger partial charge in [0.15, 0.2) is 0 Å². The molecule has 1 amide bonds. The summed E-state index contributed by atoms with van der Waals surface area (Å²) in [5.41, 5.74) is 2.74. The summed E-state index contributed by atoms with van der Waals surface area (Å²) in [6.45, 7) is 2.00. The fraction of sp³-hybridized carbons (Fsp3) is 0.150. The minimum Gasteiger partial charge on any atom is -0.456 e. The number of rotatable bonds is 6. The van der Waals surface area contributed by atoms with Crippen LogP contribution in [0.25, 0.3) is 0 Å². The predicted molar refractivity (Wildman–Crippen MR) is 114 cm³/mol. The van der Waals surface area contributed by atoms with Gasteiger partial charge in [-0.3, -0.25) is 4.79 Å². The number of carbonyl (C=O) groups excluding carboxylic acids is 2. The lowest BCUT2D eigenvalue weighted by Gasteiger charge is -2.05. The molecule has 2 aromatic carbocycles. The Hall–Kier alpha value is -2.22. The number of aryl methyl sites for hydroxylation is 1. The molecule has 0 saturated heterocycles. The summed E-state index contributed by atoms with van der Waals surface area (Å²) < 4.78 is 6.01. The number of nitrogens with zero attached hydrogens (tertiary/aromatic N) is 1.